The Bertz CT molecular complexity index is 380. The van der Waals surface area contributed by atoms with E-state index in [0.29, 0.717) is 26.1 Å². The van der Waals surface area contributed by atoms with Gasteiger partial charge in [0.05, 0.1) is 6.61 Å². The predicted octanol–water partition coefficient (Wildman–Crippen LogP) is 2.39. The van der Waals surface area contributed by atoms with Gasteiger partial charge in [0.15, 0.2) is 11.6 Å². The minimum atomic E-state index is -0.958. The molecular weight excluding hydrogens is 231 g/mol. The molecule has 1 aliphatic rings. The van der Waals surface area contributed by atoms with Crippen molar-refractivity contribution in [1.82, 2.24) is 4.90 Å². The Morgan fingerprint density at radius 2 is 2.06 bits per heavy atom. The lowest BCUT2D eigenvalue weighted by molar-refractivity contribution is 0.0610. The number of nitrogens with zero attached hydrogens (tertiary/aromatic N) is 1. The summed E-state index contributed by atoms with van der Waals surface area (Å²) in [5.41, 5.74) is 0. The van der Waals surface area contributed by atoms with Gasteiger partial charge in [-0.3, -0.25) is 4.90 Å². The first-order valence-corrected chi connectivity index (χ1v) is 5.60. The minimum absolute atomic E-state index is 0.0722. The Labute approximate surface area is 98.0 Å². The molecule has 0 N–H and O–H groups in total. The van der Waals surface area contributed by atoms with Crippen molar-refractivity contribution in [2.75, 3.05) is 26.2 Å². The number of hydrogen-bond acceptors (Lipinski definition) is 2. The summed E-state index contributed by atoms with van der Waals surface area (Å²) in [7, 11) is 0. The van der Waals surface area contributed by atoms with E-state index in [1.165, 1.54) is 12.1 Å². The van der Waals surface area contributed by atoms with Crippen molar-refractivity contribution in [1.29, 1.82) is 0 Å². The highest BCUT2D eigenvalue weighted by atomic mass is 19.2. The van der Waals surface area contributed by atoms with Crippen molar-refractivity contribution in [2.45, 2.75) is 12.6 Å². The van der Waals surface area contributed by atoms with Gasteiger partial charge in [0.1, 0.15) is 6.17 Å². The molecule has 0 spiro atoms. The molecule has 1 fully saturated rings. The predicted molar refractivity (Wildman–Crippen MR) is 57.8 cm³/mol. The van der Waals surface area contributed by atoms with Crippen molar-refractivity contribution in [3.05, 3.63) is 29.8 Å². The molecule has 5 heteroatoms. The highest BCUT2D eigenvalue weighted by molar-refractivity contribution is 5.24. The number of hydrogen-bond donors (Lipinski definition) is 0. The van der Waals surface area contributed by atoms with Crippen LogP contribution in [0.15, 0.2) is 18.2 Å². The Morgan fingerprint density at radius 3 is 2.76 bits per heavy atom. The second kappa shape index (κ2) is 5.40. The van der Waals surface area contributed by atoms with Gasteiger partial charge in [-0.2, -0.15) is 4.39 Å². The first kappa shape index (κ1) is 12.2. The molecule has 0 radical (unpaired) electrons. The van der Waals surface area contributed by atoms with E-state index in [1.807, 2.05) is 4.90 Å². The van der Waals surface area contributed by atoms with Crippen molar-refractivity contribution in [3.63, 3.8) is 0 Å². The maximum Gasteiger partial charge on any atom is 0.200 e. The Kier molecular flexibility index (Phi) is 3.89. The Hall–Kier alpha value is -1.23. The van der Waals surface area contributed by atoms with Gasteiger partial charge in [-0.15, -0.1) is 0 Å². The molecule has 0 amide bonds. The smallest absolute Gasteiger partial charge is 0.200 e. The van der Waals surface area contributed by atoms with E-state index < -0.39 is 17.8 Å². The topological polar surface area (TPSA) is 12.5 Å². The highest BCUT2D eigenvalue weighted by Crippen LogP contribution is 2.19. The Morgan fingerprint density at radius 1 is 1.29 bits per heavy atom. The van der Waals surface area contributed by atoms with Gasteiger partial charge in [0.25, 0.3) is 0 Å². The lowest BCUT2D eigenvalue weighted by atomic mass is 10.2. The molecule has 0 saturated carbocycles. The number of benzene rings is 1. The van der Waals surface area contributed by atoms with E-state index >= 15 is 0 Å². The third kappa shape index (κ3) is 3.12. The fourth-order valence-corrected chi connectivity index (χ4v) is 1.76. The molecule has 1 saturated heterocycles. The van der Waals surface area contributed by atoms with Crippen LogP contribution in [0.3, 0.4) is 0 Å². The van der Waals surface area contributed by atoms with Crippen LogP contribution in [0.2, 0.25) is 0 Å². The number of likely N-dealkylation sites (tertiary alicyclic amines) is 1. The zero-order chi connectivity index (χ0) is 12.3. The van der Waals surface area contributed by atoms with E-state index in [4.69, 9.17) is 4.74 Å². The Balaban J connectivity index is 1.69. The third-order valence-corrected chi connectivity index (χ3v) is 2.71. The second-order valence-corrected chi connectivity index (χ2v) is 4.11. The van der Waals surface area contributed by atoms with E-state index in [-0.39, 0.29) is 5.75 Å². The number of alkyl halides is 1. The monoisotopic (exact) mass is 245 g/mol. The van der Waals surface area contributed by atoms with Crippen LogP contribution >= 0.6 is 0 Å². The van der Waals surface area contributed by atoms with Crippen LogP contribution in [0.4, 0.5) is 13.2 Å². The lowest BCUT2D eigenvalue weighted by Crippen LogP contribution is -2.48. The highest BCUT2D eigenvalue weighted by Gasteiger charge is 2.25. The van der Waals surface area contributed by atoms with Crippen molar-refractivity contribution >= 4 is 0 Å². The van der Waals surface area contributed by atoms with Crippen LogP contribution < -0.4 is 4.74 Å². The van der Waals surface area contributed by atoms with Gasteiger partial charge in [0, 0.05) is 19.6 Å². The van der Waals surface area contributed by atoms with E-state index in [0.717, 1.165) is 12.6 Å². The molecule has 0 bridgehead atoms. The summed E-state index contributed by atoms with van der Waals surface area (Å²) in [6.45, 7) is 1.95. The van der Waals surface area contributed by atoms with Gasteiger partial charge in [-0.05, 0) is 18.6 Å². The second-order valence-electron chi connectivity index (χ2n) is 4.11. The third-order valence-electron chi connectivity index (χ3n) is 2.71. The first-order valence-electron chi connectivity index (χ1n) is 5.60. The number of rotatable bonds is 5. The molecule has 94 valence electrons. The molecule has 0 atom stereocenters. The SMILES string of the molecule is Fc1cccc(OCCCN2CC(F)C2)c1F. The lowest BCUT2D eigenvalue weighted by Gasteiger charge is -2.34. The summed E-state index contributed by atoms with van der Waals surface area (Å²) in [4.78, 5) is 1.95. The summed E-state index contributed by atoms with van der Waals surface area (Å²) >= 11 is 0. The van der Waals surface area contributed by atoms with Gasteiger partial charge < -0.3 is 4.74 Å². The molecule has 1 aromatic carbocycles. The van der Waals surface area contributed by atoms with Gasteiger partial charge in [-0.1, -0.05) is 6.07 Å². The molecule has 0 aliphatic carbocycles. The molecular formula is C12H14F3NO. The zero-order valence-electron chi connectivity index (χ0n) is 9.33. The molecule has 1 heterocycles. The maximum atomic E-state index is 13.2. The number of halogens is 3. The molecule has 17 heavy (non-hydrogen) atoms. The molecule has 2 nitrogen and oxygen atoms in total. The molecule has 0 aromatic heterocycles. The minimum Gasteiger partial charge on any atom is -0.490 e. The van der Waals surface area contributed by atoms with Crippen LogP contribution in [0.5, 0.6) is 5.75 Å². The van der Waals surface area contributed by atoms with Gasteiger partial charge in [0.2, 0.25) is 5.82 Å². The maximum absolute atomic E-state index is 13.2. The molecule has 2 rings (SSSR count). The van der Waals surface area contributed by atoms with Gasteiger partial charge >= 0.3 is 0 Å². The quantitative estimate of drug-likeness (QED) is 0.738. The fourth-order valence-electron chi connectivity index (χ4n) is 1.76. The summed E-state index contributed by atoms with van der Waals surface area (Å²) in [6, 6.07) is 3.83. The van der Waals surface area contributed by atoms with Crippen molar-refractivity contribution in [2.24, 2.45) is 0 Å². The van der Waals surface area contributed by atoms with Crippen molar-refractivity contribution < 1.29 is 17.9 Å². The summed E-state index contributed by atoms with van der Waals surface area (Å²) in [6.07, 6.45) is -0.0422. The summed E-state index contributed by atoms with van der Waals surface area (Å²) < 4.78 is 43.6. The van der Waals surface area contributed by atoms with Crippen LogP contribution in [0.1, 0.15) is 6.42 Å². The van der Waals surface area contributed by atoms with E-state index in [2.05, 4.69) is 0 Å². The summed E-state index contributed by atoms with van der Waals surface area (Å²) in [5, 5.41) is 0. The van der Waals surface area contributed by atoms with Crippen LogP contribution in [0, 0.1) is 11.6 Å². The van der Waals surface area contributed by atoms with E-state index in [1.54, 1.807) is 0 Å². The van der Waals surface area contributed by atoms with Crippen molar-refractivity contribution in [3.8, 4) is 5.75 Å². The molecule has 0 unspecified atom stereocenters. The summed E-state index contributed by atoms with van der Waals surface area (Å²) in [5.74, 6) is -1.94. The van der Waals surface area contributed by atoms with Crippen LogP contribution in [-0.4, -0.2) is 37.3 Å². The molecule has 1 aliphatic heterocycles. The normalized spacial score (nSPS) is 16.9. The average molecular weight is 245 g/mol. The van der Waals surface area contributed by atoms with Crippen LogP contribution in [-0.2, 0) is 0 Å². The van der Waals surface area contributed by atoms with Crippen LogP contribution in [0.25, 0.3) is 0 Å². The first-order chi connectivity index (χ1) is 8.16. The van der Waals surface area contributed by atoms with Gasteiger partial charge in [-0.25, -0.2) is 8.78 Å². The molecule has 1 aromatic rings. The zero-order valence-corrected chi connectivity index (χ0v) is 9.33. The average Bonchev–Trinajstić information content (AvgIpc) is 2.27. The number of ether oxygens (including phenoxy) is 1. The standard InChI is InChI=1S/C12H14F3NO/c13-9-7-16(8-9)5-2-6-17-11-4-1-3-10(14)12(11)15/h1,3-4,9H,2,5-8H2. The fraction of sp³-hybridized carbons (Fsp3) is 0.500. The largest absolute Gasteiger partial charge is 0.490 e. The van der Waals surface area contributed by atoms with E-state index in [9.17, 15) is 13.2 Å².